The maximum Gasteiger partial charge on any atom is 0.128 e. The molecule has 4 nitrogen and oxygen atoms in total. The number of fused-ring (bicyclic) bond motifs is 1. The quantitative estimate of drug-likeness (QED) is 0.287. The Morgan fingerprint density at radius 1 is 0.744 bits per heavy atom. The molecule has 4 aromatic carbocycles. The molecule has 2 fully saturated rings. The van der Waals surface area contributed by atoms with Crippen molar-refractivity contribution in [3.05, 3.63) is 126 Å². The Morgan fingerprint density at radius 3 is 1.97 bits per heavy atom. The van der Waals surface area contributed by atoms with Crippen molar-refractivity contribution in [1.29, 1.82) is 0 Å². The molecule has 4 heteroatoms. The highest BCUT2D eigenvalue weighted by atomic mass is 16.5. The molecule has 0 spiro atoms. The van der Waals surface area contributed by atoms with Gasteiger partial charge in [0.25, 0.3) is 0 Å². The molecule has 1 saturated heterocycles. The number of nitrogens with zero attached hydrogens (tertiary/aromatic N) is 2. The zero-order chi connectivity index (χ0) is 26.8. The van der Waals surface area contributed by atoms with Crippen LogP contribution in [0.2, 0.25) is 0 Å². The molecule has 4 unspecified atom stereocenters. The van der Waals surface area contributed by atoms with Crippen LogP contribution >= 0.6 is 0 Å². The van der Waals surface area contributed by atoms with E-state index in [0.717, 1.165) is 30.7 Å². The SMILES string of the molecule is CC1(C)CC(O)C2CN(c3ccccc3)C(c3ccc(OCc4ccccc4)cc3)N(c3ccccc3)C2C1. The maximum atomic E-state index is 11.4. The molecule has 4 aromatic rings. The molecule has 200 valence electrons. The van der Waals surface area contributed by atoms with Crippen LogP contribution in [0.15, 0.2) is 115 Å². The van der Waals surface area contributed by atoms with Crippen LogP contribution < -0.4 is 14.5 Å². The average Bonchev–Trinajstić information content (AvgIpc) is 2.96. The third-order valence-electron chi connectivity index (χ3n) is 8.40. The Morgan fingerprint density at radius 2 is 1.33 bits per heavy atom. The predicted molar refractivity (Wildman–Crippen MR) is 159 cm³/mol. The fourth-order valence-corrected chi connectivity index (χ4v) is 6.60. The van der Waals surface area contributed by atoms with Crippen molar-refractivity contribution in [1.82, 2.24) is 0 Å². The summed E-state index contributed by atoms with van der Waals surface area (Å²) >= 11 is 0. The van der Waals surface area contributed by atoms with Crippen LogP contribution in [0.1, 0.15) is 44.0 Å². The number of rotatable bonds is 6. The van der Waals surface area contributed by atoms with Gasteiger partial charge in [0.2, 0.25) is 0 Å². The van der Waals surface area contributed by atoms with Gasteiger partial charge >= 0.3 is 0 Å². The molecule has 2 aliphatic rings. The Labute approximate surface area is 232 Å². The van der Waals surface area contributed by atoms with Gasteiger partial charge in [-0.3, -0.25) is 0 Å². The fourth-order valence-electron chi connectivity index (χ4n) is 6.60. The van der Waals surface area contributed by atoms with Crippen molar-refractivity contribution in [2.24, 2.45) is 11.3 Å². The summed E-state index contributed by atoms with van der Waals surface area (Å²) in [6, 6.07) is 40.5. The van der Waals surface area contributed by atoms with E-state index in [2.05, 4.69) is 121 Å². The topological polar surface area (TPSA) is 35.9 Å². The predicted octanol–water partition coefficient (Wildman–Crippen LogP) is 7.46. The summed E-state index contributed by atoms with van der Waals surface area (Å²) in [5.74, 6) is 1.02. The molecular formula is C35H38N2O2. The van der Waals surface area contributed by atoms with Gasteiger partial charge in [-0.2, -0.15) is 0 Å². The highest BCUT2D eigenvalue weighted by Gasteiger charge is 2.50. The number of aliphatic hydroxyl groups excluding tert-OH is 1. The smallest absolute Gasteiger partial charge is 0.128 e. The van der Waals surface area contributed by atoms with E-state index in [1.807, 2.05) is 18.2 Å². The summed E-state index contributed by atoms with van der Waals surface area (Å²) in [6.07, 6.45) is 1.52. The zero-order valence-electron chi connectivity index (χ0n) is 22.9. The third-order valence-corrected chi connectivity index (χ3v) is 8.40. The summed E-state index contributed by atoms with van der Waals surface area (Å²) < 4.78 is 6.12. The Kier molecular flexibility index (Phi) is 7.05. The van der Waals surface area contributed by atoms with Gasteiger partial charge in [0.05, 0.1) is 6.10 Å². The summed E-state index contributed by atoms with van der Waals surface area (Å²) in [4.78, 5) is 5.06. The molecule has 1 aliphatic carbocycles. The third kappa shape index (κ3) is 5.39. The number of para-hydroxylation sites is 2. The van der Waals surface area contributed by atoms with Gasteiger partial charge in [0.1, 0.15) is 18.5 Å². The van der Waals surface area contributed by atoms with E-state index < -0.39 is 0 Å². The largest absolute Gasteiger partial charge is 0.489 e. The molecular weight excluding hydrogens is 480 g/mol. The van der Waals surface area contributed by atoms with Crippen LogP contribution in [0.5, 0.6) is 5.75 Å². The van der Waals surface area contributed by atoms with Gasteiger partial charge in [0, 0.05) is 29.9 Å². The molecule has 6 rings (SSSR count). The van der Waals surface area contributed by atoms with Crippen molar-refractivity contribution >= 4 is 11.4 Å². The number of benzene rings is 4. The second-order valence-electron chi connectivity index (χ2n) is 11.8. The van der Waals surface area contributed by atoms with Crippen LogP contribution in [0, 0.1) is 11.3 Å². The Bertz CT molecular complexity index is 1340. The van der Waals surface area contributed by atoms with Gasteiger partial charge in [0.15, 0.2) is 0 Å². The van der Waals surface area contributed by atoms with E-state index in [-0.39, 0.29) is 29.6 Å². The first-order valence-corrected chi connectivity index (χ1v) is 14.1. The molecule has 39 heavy (non-hydrogen) atoms. The van der Waals surface area contributed by atoms with Gasteiger partial charge in [-0.1, -0.05) is 92.7 Å². The van der Waals surface area contributed by atoms with Crippen molar-refractivity contribution in [3.8, 4) is 5.75 Å². The van der Waals surface area contributed by atoms with E-state index in [1.165, 1.54) is 16.9 Å². The number of ether oxygens (including phenoxy) is 1. The lowest BCUT2D eigenvalue weighted by Crippen LogP contribution is -2.63. The average molecular weight is 519 g/mol. The van der Waals surface area contributed by atoms with E-state index in [4.69, 9.17) is 4.74 Å². The molecule has 4 atom stereocenters. The van der Waals surface area contributed by atoms with E-state index in [9.17, 15) is 5.11 Å². The lowest BCUT2D eigenvalue weighted by atomic mass is 9.66. The molecule has 0 aromatic heterocycles. The highest BCUT2D eigenvalue weighted by Crippen LogP contribution is 2.49. The van der Waals surface area contributed by atoms with E-state index >= 15 is 0 Å². The lowest BCUT2D eigenvalue weighted by Gasteiger charge is -2.59. The standard InChI is InChI=1S/C35H38N2O2/c1-35(2)22-32-31(33(38)23-35)24-36(28-14-8-4-9-15-28)34(37(32)29-16-10-5-11-17-29)27-18-20-30(21-19-27)39-25-26-12-6-3-7-13-26/h3-21,31-34,38H,22-25H2,1-2H3. The summed E-state index contributed by atoms with van der Waals surface area (Å²) in [5.41, 5.74) is 4.80. The van der Waals surface area contributed by atoms with Gasteiger partial charge in [-0.05, 0) is 65.8 Å². The van der Waals surface area contributed by atoms with Crippen LogP contribution in [-0.2, 0) is 6.61 Å². The minimum atomic E-state index is -0.342. The molecule has 1 saturated carbocycles. The molecule has 0 bridgehead atoms. The van der Waals surface area contributed by atoms with Gasteiger partial charge < -0.3 is 19.6 Å². The first kappa shape index (κ1) is 25.5. The molecule has 1 N–H and O–H groups in total. The second kappa shape index (κ2) is 10.8. The van der Waals surface area contributed by atoms with Crippen molar-refractivity contribution < 1.29 is 9.84 Å². The first-order chi connectivity index (χ1) is 19.0. The fraction of sp³-hybridized carbons (Fsp3) is 0.314. The van der Waals surface area contributed by atoms with E-state index in [1.54, 1.807) is 0 Å². The summed E-state index contributed by atoms with van der Waals surface area (Å²) in [5, 5.41) is 11.4. The highest BCUT2D eigenvalue weighted by molar-refractivity contribution is 5.59. The van der Waals surface area contributed by atoms with Gasteiger partial charge in [-0.15, -0.1) is 0 Å². The minimum Gasteiger partial charge on any atom is -0.489 e. The first-order valence-electron chi connectivity index (χ1n) is 14.1. The van der Waals surface area contributed by atoms with Crippen LogP contribution in [-0.4, -0.2) is 23.8 Å². The number of hydrogen-bond acceptors (Lipinski definition) is 4. The van der Waals surface area contributed by atoms with Crippen molar-refractivity contribution in [2.45, 2.75) is 51.6 Å². The zero-order valence-corrected chi connectivity index (χ0v) is 22.9. The van der Waals surface area contributed by atoms with Crippen LogP contribution in [0.4, 0.5) is 11.4 Å². The number of anilines is 2. The number of aliphatic hydroxyl groups is 1. The van der Waals surface area contributed by atoms with E-state index in [0.29, 0.717) is 6.61 Å². The maximum absolute atomic E-state index is 11.4. The second-order valence-corrected chi connectivity index (χ2v) is 11.8. The molecule has 0 radical (unpaired) electrons. The molecule has 1 aliphatic heterocycles. The van der Waals surface area contributed by atoms with Crippen molar-refractivity contribution in [2.75, 3.05) is 16.3 Å². The molecule has 1 heterocycles. The number of hydrogen-bond donors (Lipinski definition) is 1. The van der Waals surface area contributed by atoms with Gasteiger partial charge in [-0.25, -0.2) is 0 Å². The summed E-state index contributed by atoms with van der Waals surface area (Å²) in [6.45, 7) is 5.96. The van der Waals surface area contributed by atoms with Crippen molar-refractivity contribution in [3.63, 3.8) is 0 Å². The normalized spacial score (nSPS) is 24.2. The summed E-state index contributed by atoms with van der Waals surface area (Å²) in [7, 11) is 0. The Balaban J connectivity index is 1.40. The van der Waals surface area contributed by atoms with Crippen LogP contribution in [0.25, 0.3) is 0 Å². The molecule has 0 amide bonds. The Hall–Kier alpha value is -3.76. The monoisotopic (exact) mass is 518 g/mol. The minimum absolute atomic E-state index is 0.0136. The lowest BCUT2D eigenvalue weighted by molar-refractivity contribution is -0.00719. The van der Waals surface area contributed by atoms with Crippen LogP contribution in [0.3, 0.4) is 0 Å².